The van der Waals surface area contributed by atoms with Crippen molar-refractivity contribution in [2.45, 2.75) is 5.16 Å². The fraction of sp³-hybridized carbons (Fsp3) is 0.0588. The number of hydrogen-bond donors (Lipinski definition) is 3. The Morgan fingerprint density at radius 3 is 2.07 bits per heavy atom. The Morgan fingerprint density at radius 2 is 1.50 bits per heavy atom. The molecule has 1 aromatic heterocycles. The van der Waals surface area contributed by atoms with E-state index in [9.17, 15) is 14.4 Å². The van der Waals surface area contributed by atoms with Crippen molar-refractivity contribution < 1.29 is 24.6 Å². The molecule has 0 aliphatic carbocycles. The number of carboxylic acids is 2. The van der Waals surface area contributed by atoms with Gasteiger partial charge in [0.2, 0.25) is 11.1 Å². The molecule has 0 saturated heterocycles. The molecule has 3 aromatic rings. The number of amides is 1. The molecule has 0 fully saturated rings. The molecule has 3 N–H and O–H groups in total. The van der Waals surface area contributed by atoms with Crippen molar-refractivity contribution in [1.29, 1.82) is 0 Å². The van der Waals surface area contributed by atoms with Crippen LogP contribution in [0, 0.1) is 0 Å². The molecular formula is C17H13N5O5S. The average Bonchev–Trinajstić information content (AvgIpc) is 3.15. The van der Waals surface area contributed by atoms with Gasteiger partial charge in [-0.3, -0.25) is 4.79 Å². The van der Waals surface area contributed by atoms with E-state index in [-0.39, 0.29) is 22.8 Å². The summed E-state index contributed by atoms with van der Waals surface area (Å²) in [4.78, 5) is 33.9. The predicted octanol–water partition coefficient (Wildman–Crippen LogP) is 1.79. The van der Waals surface area contributed by atoms with Crippen LogP contribution in [0.4, 0.5) is 5.69 Å². The number of carbonyl (C=O) groups excluding carboxylic acids is 1. The van der Waals surface area contributed by atoms with E-state index < -0.39 is 11.9 Å². The van der Waals surface area contributed by atoms with E-state index in [2.05, 4.69) is 20.8 Å². The summed E-state index contributed by atoms with van der Waals surface area (Å²) in [5.41, 5.74) is 1.29. The largest absolute Gasteiger partial charge is 0.478 e. The Labute approximate surface area is 162 Å². The van der Waals surface area contributed by atoms with Gasteiger partial charge in [-0.05, 0) is 59.0 Å². The molecule has 0 radical (unpaired) electrons. The van der Waals surface area contributed by atoms with E-state index in [0.29, 0.717) is 16.5 Å². The Bertz CT molecular complexity index is 1020. The summed E-state index contributed by atoms with van der Waals surface area (Å²) in [5.74, 6) is -2.37. The lowest BCUT2D eigenvalue weighted by atomic mass is 10.2. The van der Waals surface area contributed by atoms with Gasteiger partial charge in [0.15, 0.2) is 0 Å². The molecule has 0 aliphatic heterocycles. The number of aromatic nitrogens is 4. The quantitative estimate of drug-likeness (QED) is 0.506. The summed E-state index contributed by atoms with van der Waals surface area (Å²) in [5, 5.41) is 32.1. The van der Waals surface area contributed by atoms with Gasteiger partial charge in [-0.2, -0.15) is 4.68 Å². The minimum atomic E-state index is -1.04. The van der Waals surface area contributed by atoms with Crippen LogP contribution in [0.25, 0.3) is 5.69 Å². The number of nitrogens with zero attached hydrogens (tertiary/aromatic N) is 4. The van der Waals surface area contributed by atoms with Crippen LogP contribution >= 0.6 is 11.8 Å². The van der Waals surface area contributed by atoms with Crippen LogP contribution < -0.4 is 5.32 Å². The van der Waals surface area contributed by atoms with Crippen LogP contribution in [-0.4, -0.2) is 54.0 Å². The molecule has 0 bridgehead atoms. The molecule has 1 heterocycles. The number of nitrogens with one attached hydrogen (secondary N) is 1. The van der Waals surface area contributed by atoms with Gasteiger partial charge < -0.3 is 15.5 Å². The van der Waals surface area contributed by atoms with E-state index in [4.69, 9.17) is 10.2 Å². The highest BCUT2D eigenvalue weighted by Gasteiger charge is 2.13. The van der Waals surface area contributed by atoms with E-state index in [1.165, 1.54) is 41.1 Å². The number of aromatic carboxylic acids is 2. The zero-order chi connectivity index (χ0) is 20.1. The Balaban J connectivity index is 1.62. The van der Waals surface area contributed by atoms with Gasteiger partial charge in [-0.1, -0.05) is 11.8 Å². The lowest BCUT2D eigenvalue weighted by Gasteiger charge is -2.06. The van der Waals surface area contributed by atoms with Crippen LogP contribution in [0.5, 0.6) is 0 Å². The first kappa shape index (κ1) is 19.0. The van der Waals surface area contributed by atoms with Crippen molar-refractivity contribution in [3.05, 3.63) is 59.7 Å². The van der Waals surface area contributed by atoms with Gasteiger partial charge in [0.25, 0.3) is 0 Å². The van der Waals surface area contributed by atoms with E-state index in [1.807, 2.05) is 0 Å². The van der Waals surface area contributed by atoms with Crippen molar-refractivity contribution in [2.75, 3.05) is 11.1 Å². The monoisotopic (exact) mass is 399 g/mol. The third kappa shape index (κ3) is 4.51. The molecule has 0 saturated carbocycles. The Kier molecular flexibility index (Phi) is 5.65. The van der Waals surface area contributed by atoms with Gasteiger partial charge >= 0.3 is 11.9 Å². The summed E-state index contributed by atoms with van der Waals surface area (Å²) >= 11 is 1.10. The minimum Gasteiger partial charge on any atom is -0.478 e. The average molecular weight is 399 g/mol. The molecule has 0 spiro atoms. The number of anilines is 1. The number of benzene rings is 2. The molecular weight excluding hydrogens is 386 g/mol. The molecule has 0 aliphatic rings. The van der Waals surface area contributed by atoms with Crippen LogP contribution in [0.2, 0.25) is 0 Å². The highest BCUT2D eigenvalue weighted by Crippen LogP contribution is 2.19. The smallest absolute Gasteiger partial charge is 0.335 e. The van der Waals surface area contributed by atoms with Gasteiger partial charge in [0.05, 0.1) is 22.6 Å². The molecule has 3 rings (SSSR count). The number of carbonyl (C=O) groups is 3. The normalized spacial score (nSPS) is 10.4. The molecule has 0 atom stereocenters. The highest BCUT2D eigenvalue weighted by atomic mass is 32.2. The van der Waals surface area contributed by atoms with Crippen LogP contribution in [0.1, 0.15) is 20.7 Å². The second-order valence-corrected chi connectivity index (χ2v) is 6.39. The number of rotatable bonds is 7. The topological polar surface area (TPSA) is 147 Å². The third-order valence-corrected chi connectivity index (χ3v) is 4.47. The van der Waals surface area contributed by atoms with Gasteiger partial charge in [-0.15, -0.1) is 5.10 Å². The Morgan fingerprint density at radius 1 is 0.929 bits per heavy atom. The Hall–Kier alpha value is -3.73. The van der Waals surface area contributed by atoms with Gasteiger partial charge in [0, 0.05) is 5.69 Å². The fourth-order valence-corrected chi connectivity index (χ4v) is 2.89. The van der Waals surface area contributed by atoms with Gasteiger partial charge in [0.1, 0.15) is 0 Å². The maximum absolute atomic E-state index is 12.1. The summed E-state index contributed by atoms with van der Waals surface area (Å²) in [6, 6.07) is 11.8. The summed E-state index contributed by atoms with van der Waals surface area (Å²) < 4.78 is 1.39. The molecule has 10 nitrogen and oxygen atoms in total. The van der Waals surface area contributed by atoms with E-state index >= 15 is 0 Å². The first-order valence-corrected chi connectivity index (χ1v) is 8.81. The number of thioether (sulfide) groups is 1. The van der Waals surface area contributed by atoms with Crippen molar-refractivity contribution in [3.8, 4) is 5.69 Å². The zero-order valence-electron chi connectivity index (χ0n) is 14.1. The molecule has 0 unspecified atom stereocenters. The van der Waals surface area contributed by atoms with E-state index in [1.54, 1.807) is 12.1 Å². The number of carboxylic acid groups (broad SMARTS) is 2. The lowest BCUT2D eigenvalue weighted by molar-refractivity contribution is -0.113. The predicted molar refractivity (Wildman–Crippen MR) is 98.9 cm³/mol. The first-order valence-electron chi connectivity index (χ1n) is 7.82. The van der Waals surface area contributed by atoms with Crippen LogP contribution in [0.15, 0.2) is 53.7 Å². The lowest BCUT2D eigenvalue weighted by Crippen LogP contribution is -2.14. The second kappa shape index (κ2) is 8.31. The van der Waals surface area contributed by atoms with Crippen LogP contribution in [-0.2, 0) is 4.79 Å². The molecule has 2 aromatic carbocycles. The highest BCUT2D eigenvalue weighted by molar-refractivity contribution is 7.99. The summed E-state index contributed by atoms with van der Waals surface area (Å²) in [6.45, 7) is 0. The molecule has 142 valence electrons. The second-order valence-electron chi connectivity index (χ2n) is 5.44. The SMILES string of the molecule is O=C(CSc1nnnn1-c1ccc(C(=O)O)cc1)Nc1ccc(C(=O)O)cc1. The van der Waals surface area contributed by atoms with Crippen molar-refractivity contribution in [1.82, 2.24) is 20.2 Å². The standard InChI is InChI=1S/C17H13N5O5S/c23-14(18-12-5-1-10(2-6-12)15(24)25)9-28-17-19-20-21-22(17)13-7-3-11(4-8-13)16(26)27/h1-8H,9H2,(H,18,23)(H,24,25)(H,26,27). The molecule has 28 heavy (non-hydrogen) atoms. The zero-order valence-corrected chi connectivity index (χ0v) is 15.0. The number of tetrazole rings is 1. The van der Waals surface area contributed by atoms with Crippen molar-refractivity contribution in [3.63, 3.8) is 0 Å². The molecule has 1 amide bonds. The third-order valence-electron chi connectivity index (χ3n) is 3.55. The number of hydrogen-bond acceptors (Lipinski definition) is 7. The first-order chi connectivity index (χ1) is 13.4. The maximum atomic E-state index is 12.1. The van der Waals surface area contributed by atoms with Gasteiger partial charge in [-0.25, -0.2) is 9.59 Å². The van der Waals surface area contributed by atoms with E-state index in [0.717, 1.165) is 11.8 Å². The summed E-state index contributed by atoms with van der Waals surface area (Å²) in [6.07, 6.45) is 0. The summed E-state index contributed by atoms with van der Waals surface area (Å²) in [7, 11) is 0. The van der Waals surface area contributed by atoms with Crippen molar-refractivity contribution >= 4 is 35.3 Å². The molecule has 11 heteroatoms. The fourth-order valence-electron chi connectivity index (χ4n) is 2.20. The van der Waals surface area contributed by atoms with Crippen LogP contribution in [0.3, 0.4) is 0 Å². The maximum Gasteiger partial charge on any atom is 0.335 e. The van der Waals surface area contributed by atoms with Crippen molar-refractivity contribution in [2.24, 2.45) is 0 Å². The minimum absolute atomic E-state index is 0.0221.